The van der Waals surface area contributed by atoms with Crippen LogP contribution >= 0.6 is 11.3 Å². The Labute approximate surface area is 154 Å². The predicted octanol–water partition coefficient (Wildman–Crippen LogP) is 4.69. The molecule has 0 bridgehead atoms. The van der Waals surface area contributed by atoms with Crippen LogP contribution < -0.4 is 5.32 Å². The molecule has 0 radical (unpaired) electrons. The summed E-state index contributed by atoms with van der Waals surface area (Å²) in [5.74, 6) is 0.492. The number of rotatable bonds is 5. The van der Waals surface area contributed by atoms with E-state index >= 15 is 0 Å². The fourth-order valence-corrected chi connectivity index (χ4v) is 3.40. The number of benzene rings is 2. The van der Waals surface area contributed by atoms with Gasteiger partial charge in [-0.15, -0.1) is 11.3 Å². The maximum atomic E-state index is 12.2. The molecule has 0 saturated heterocycles. The second kappa shape index (κ2) is 7.09. The number of aryl methyl sites for hydroxylation is 1. The van der Waals surface area contributed by atoms with Crippen LogP contribution in [0.1, 0.15) is 17.6 Å². The molecule has 0 atom stereocenters. The highest BCUT2D eigenvalue weighted by Crippen LogP contribution is 2.25. The Morgan fingerprint density at radius 1 is 1.12 bits per heavy atom. The van der Waals surface area contributed by atoms with Gasteiger partial charge in [0.15, 0.2) is 5.58 Å². The average molecular weight is 363 g/mol. The summed E-state index contributed by atoms with van der Waals surface area (Å²) in [6, 6.07) is 15.1. The molecule has 130 valence electrons. The van der Waals surface area contributed by atoms with Gasteiger partial charge in [-0.25, -0.2) is 9.97 Å². The van der Waals surface area contributed by atoms with E-state index in [1.807, 2.05) is 53.9 Å². The number of thiazole rings is 1. The number of para-hydroxylation sites is 2. The second-order valence-corrected chi connectivity index (χ2v) is 6.82. The SMILES string of the molecule is CCc1nc(CC(=O)Nc2ccc(-c3nc4ccccc4o3)cc2)cs1. The van der Waals surface area contributed by atoms with Crippen LogP contribution in [0.5, 0.6) is 0 Å². The van der Waals surface area contributed by atoms with Gasteiger partial charge in [-0.3, -0.25) is 4.79 Å². The van der Waals surface area contributed by atoms with Crippen LogP contribution in [0, 0.1) is 0 Å². The van der Waals surface area contributed by atoms with Crippen molar-refractivity contribution < 1.29 is 9.21 Å². The van der Waals surface area contributed by atoms with Gasteiger partial charge in [-0.2, -0.15) is 0 Å². The van der Waals surface area contributed by atoms with E-state index in [9.17, 15) is 4.79 Å². The summed E-state index contributed by atoms with van der Waals surface area (Å²) < 4.78 is 5.76. The minimum atomic E-state index is -0.0763. The van der Waals surface area contributed by atoms with Crippen molar-refractivity contribution in [3.8, 4) is 11.5 Å². The number of carbonyl (C=O) groups is 1. The van der Waals surface area contributed by atoms with E-state index in [2.05, 4.69) is 22.2 Å². The minimum absolute atomic E-state index is 0.0763. The first kappa shape index (κ1) is 16.5. The number of nitrogens with one attached hydrogen (secondary N) is 1. The summed E-state index contributed by atoms with van der Waals surface area (Å²) in [6.07, 6.45) is 1.17. The van der Waals surface area contributed by atoms with E-state index in [-0.39, 0.29) is 12.3 Å². The normalized spacial score (nSPS) is 11.0. The molecule has 4 aromatic rings. The third kappa shape index (κ3) is 3.50. The van der Waals surface area contributed by atoms with Crippen LogP contribution in [0.25, 0.3) is 22.6 Å². The molecule has 0 unspecified atom stereocenters. The summed E-state index contributed by atoms with van der Waals surface area (Å²) >= 11 is 1.59. The summed E-state index contributed by atoms with van der Waals surface area (Å²) in [5, 5.41) is 5.89. The molecule has 5 nitrogen and oxygen atoms in total. The molecular formula is C20H17N3O2S. The van der Waals surface area contributed by atoms with E-state index in [1.165, 1.54) is 0 Å². The van der Waals surface area contributed by atoms with Gasteiger partial charge in [0, 0.05) is 16.6 Å². The Hall–Kier alpha value is -2.99. The predicted molar refractivity (Wildman–Crippen MR) is 103 cm³/mol. The molecule has 0 saturated carbocycles. The summed E-state index contributed by atoms with van der Waals surface area (Å²) in [4.78, 5) is 21.1. The quantitative estimate of drug-likeness (QED) is 0.558. The Morgan fingerprint density at radius 3 is 2.65 bits per heavy atom. The van der Waals surface area contributed by atoms with Crippen molar-refractivity contribution in [2.24, 2.45) is 0 Å². The van der Waals surface area contributed by atoms with Crippen LogP contribution in [0.15, 0.2) is 58.3 Å². The molecule has 2 aromatic heterocycles. The fourth-order valence-electron chi connectivity index (χ4n) is 2.65. The van der Waals surface area contributed by atoms with Crippen molar-refractivity contribution in [3.63, 3.8) is 0 Å². The number of fused-ring (bicyclic) bond motifs is 1. The number of carbonyl (C=O) groups excluding carboxylic acids is 1. The van der Waals surface area contributed by atoms with E-state index in [1.54, 1.807) is 11.3 Å². The largest absolute Gasteiger partial charge is 0.436 e. The molecular weight excluding hydrogens is 346 g/mol. The zero-order valence-corrected chi connectivity index (χ0v) is 15.0. The number of oxazole rings is 1. The maximum Gasteiger partial charge on any atom is 0.230 e. The highest BCUT2D eigenvalue weighted by molar-refractivity contribution is 7.09. The summed E-state index contributed by atoms with van der Waals surface area (Å²) in [5.41, 5.74) is 4.00. The van der Waals surface area contributed by atoms with Gasteiger partial charge in [-0.05, 0) is 42.8 Å². The number of hydrogen-bond donors (Lipinski definition) is 1. The first-order chi connectivity index (χ1) is 12.7. The lowest BCUT2D eigenvalue weighted by atomic mass is 10.2. The molecule has 0 fully saturated rings. The monoisotopic (exact) mass is 363 g/mol. The van der Waals surface area contributed by atoms with Crippen molar-refractivity contribution in [1.82, 2.24) is 9.97 Å². The number of aromatic nitrogens is 2. The van der Waals surface area contributed by atoms with Crippen molar-refractivity contribution in [1.29, 1.82) is 0 Å². The molecule has 0 aliphatic heterocycles. The average Bonchev–Trinajstić information content (AvgIpc) is 3.28. The summed E-state index contributed by atoms with van der Waals surface area (Å²) in [7, 11) is 0. The Bertz CT molecular complexity index is 1020. The maximum absolute atomic E-state index is 12.2. The third-order valence-corrected chi connectivity index (χ3v) is 4.99. The Morgan fingerprint density at radius 2 is 1.92 bits per heavy atom. The zero-order chi connectivity index (χ0) is 17.9. The van der Waals surface area contributed by atoms with Crippen molar-refractivity contribution in [2.75, 3.05) is 5.32 Å². The lowest BCUT2D eigenvalue weighted by Crippen LogP contribution is -2.14. The lowest BCUT2D eigenvalue weighted by molar-refractivity contribution is -0.115. The number of amides is 1. The second-order valence-electron chi connectivity index (χ2n) is 5.88. The zero-order valence-electron chi connectivity index (χ0n) is 14.2. The lowest BCUT2D eigenvalue weighted by Gasteiger charge is -2.04. The molecule has 1 amide bonds. The molecule has 2 aromatic carbocycles. The molecule has 6 heteroatoms. The van der Waals surface area contributed by atoms with Crippen LogP contribution in [0.4, 0.5) is 5.69 Å². The first-order valence-electron chi connectivity index (χ1n) is 8.40. The Balaban J connectivity index is 1.44. The summed E-state index contributed by atoms with van der Waals surface area (Å²) in [6.45, 7) is 2.06. The van der Waals surface area contributed by atoms with E-state index in [0.29, 0.717) is 5.89 Å². The van der Waals surface area contributed by atoms with Crippen molar-refractivity contribution >= 4 is 34.0 Å². The van der Waals surface area contributed by atoms with Crippen LogP contribution in [0.3, 0.4) is 0 Å². The van der Waals surface area contributed by atoms with E-state index in [4.69, 9.17) is 4.42 Å². The molecule has 0 aliphatic rings. The van der Waals surface area contributed by atoms with Crippen molar-refractivity contribution in [2.45, 2.75) is 19.8 Å². The highest BCUT2D eigenvalue weighted by atomic mass is 32.1. The number of hydrogen-bond acceptors (Lipinski definition) is 5. The van der Waals surface area contributed by atoms with Gasteiger partial charge in [0.1, 0.15) is 5.52 Å². The van der Waals surface area contributed by atoms with Gasteiger partial charge in [-0.1, -0.05) is 19.1 Å². The third-order valence-electron chi connectivity index (χ3n) is 3.95. The van der Waals surface area contributed by atoms with Crippen LogP contribution in [-0.2, 0) is 17.6 Å². The minimum Gasteiger partial charge on any atom is -0.436 e. The van der Waals surface area contributed by atoms with E-state index < -0.39 is 0 Å². The van der Waals surface area contributed by atoms with Gasteiger partial charge in [0.25, 0.3) is 0 Å². The van der Waals surface area contributed by atoms with E-state index in [0.717, 1.165) is 39.5 Å². The number of nitrogens with zero attached hydrogens (tertiary/aromatic N) is 2. The van der Waals surface area contributed by atoms with Gasteiger partial charge >= 0.3 is 0 Å². The van der Waals surface area contributed by atoms with Gasteiger partial charge < -0.3 is 9.73 Å². The highest BCUT2D eigenvalue weighted by Gasteiger charge is 2.10. The van der Waals surface area contributed by atoms with Gasteiger partial charge in [0.2, 0.25) is 11.8 Å². The molecule has 26 heavy (non-hydrogen) atoms. The first-order valence-corrected chi connectivity index (χ1v) is 9.28. The van der Waals surface area contributed by atoms with Crippen LogP contribution in [-0.4, -0.2) is 15.9 Å². The molecule has 0 aliphatic carbocycles. The van der Waals surface area contributed by atoms with Crippen molar-refractivity contribution in [3.05, 3.63) is 64.6 Å². The van der Waals surface area contributed by atoms with Gasteiger partial charge in [0.05, 0.1) is 17.1 Å². The Kier molecular flexibility index (Phi) is 4.50. The fraction of sp³-hybridized carbons (Fsp3) is 0.150. The topological polar surface area (TPSA) is 68.0 Å². The standard InChI is InChI=1S/C20H17N3O2S/c1-2-19-22-15(12-26-19)11-18(24)21-14-9-7-13(8-10-14)20-23-16-5-3-4-6-17(16)25-20/h3-10,12H,2,11H2,1H3,(H,21,24). The molecule has 2 heterocycles. The molecule has 4 rings (SSSR count). The molecule has 1 N–H and O–H groups in total. The van der Waals surface area contributed by atoms with Crippen LogP contribution in [0.2, 0.25) is 0 Å². The number of anilines is 1. The smallest absolute Gasteiger partial charge is 0.230 e. The molecule has 0 spiro atoms.